The van der Waals surface area contributed by atoms with Crippen LogP contribution in [0.1, 0.15) is 127 Å². The molecule has 0 saturated heterocycles. The molecule has 2 heterocycles. The zero-order valence-corrected chi connectivity index (χ0v) is 46.8. The number of imide groups is 2. The number of amides is 4. The van der Waals surface area contributed by atoms with Gasteiger partial charge in [-0.05, 0) is 105 Å². The first-order valence-electron chi connectivity index (χ1n) is 25.0. The SMILES string of the molecule is CC(C)(C)[Si](C)(C)OCc1cccc(CN)c1.CC(C)(C)[Si](C)(C)OCc1cccc(CN2C(=O)c3ccccc3C2=O)c1.O=C1c2ccccc2C(=O)N1Cc1cccc(CO)c1.OCc1cccc(CO)c1. The number of nitrogens with zero attached hydrogens (tertiary/aromatic N) is 2. The number of carbonyl (C=O) groups excluding carboxylic acids is 4. The van der Waals surface area contributed by atoms with Gasteiger partial charge in [-0.2, -0.15) is 0 Å². The Balaban J connectivity index is 0.000000192. The Hall–Kier alpha value is -6.21. The van der Waals surface area contributed by atoms with Gasteiger partial charge in [-0.25, -0.2) is 0 Å². The number of fused-ring (bicyclic) bond motifs is 2. The lowest BCUT2D eigenvalue weighted by atomic mass is 10.1. The summed E-state index contributed by atoms with van der Waals surface area (Å²) in [5.41, 5.74) is 15.2. The van der Waals surface area contributed by atoms with Gasteiger partial charge >= 0.3 is 0 Å². The normalized spacial score (nSPS) is 13.3. The second-order valence-corrected chi connectivity index (χ2v) is 31.2. The van der Waals surface area contributed by atoms with E-state index in [1.54, 1.807) is 72.8 Å². The molecule has 6 aromatic carbocycles. The van der Waals surface area contributed by atoms with E-state index in [1.165, 1.54) is 20.9 Å². The first-order chi connectivity index (χ1) is 34.9. The number of hydrogen-bond donors (Lipinski definition) is 4. The number of aliphatic hydroxyl groups is 3. The molecule has 74 heavy (non-hydrogen) atoms. The molecule has 0 atom stereocenters. The number of aliphatic hydroxyl groups excluding tert-OH is 3. The lowest BCUT2D eigenvalue weighted by Gasteiger charge is -2.36. The summed E-state index contributed by atoms with van der Waals surface area (Å²) in [4.78, 5) is 52.1. The molecule has 14 heteroatoms. The Morgan fingerprint density at radius 2 is 0.662 bits per heavy atom. The highest BCUT2D eigenvalue weighted by atomic mass is 28.4. The zero-order chi connectivity index (χ0) is 54.4. The van der Waals surface area contributed by atoms with Crippen LogP contribution < -0.4 is 5.73 Å². The van der Waals surface area contributed by atoms with Crippen molar-refractivity contribution in [1.82, 2.24) is 9.80 Å². The summed E-state index contributed by atoms with van der Waals surface area (Å²) in [6, 6.07) is 44.6. The van der Waals surface area contributed by atoms with E-state index in [-0.39, 0.29) is 66.6 Å². The van der Waals surface area contributed by atoms with Crippen molar-refractivity contribution >= 4 is 40.3 Å². The molecule has 0 bridgehead atoms. The van der Waals surface area contributed by atoms with Crippen LogP contribution in [0.4, 0.5) is 0 Å². The summed E-state index contributed by atoms with van der Waals surface area (Å²) >= 11 is 0. The Bertz CT molecular complexity index is 2800. The molecule has 0 radical (unpaired) electrons. The molecule has 392 valence electrons. The van der Waals surface area contributed by atoms with Crippen molar-refractivity contribution in [2.45, 2.75) is 130 Å². The summed E-state index contributed by atoms with van der Waals surface area (Å²) < 4.78 is 12.5. The zero-order valence-electron chi connectivity index (χ0n) is 44.8. The largest absolute Gasteiger partial charge is 0.413 e. The molecule has 5 N–H and O–H groups in total. The number of hydrogen-bond acceptors (Lipinski definition) is 10. The fourth-order valence-electron chi connectivity index (χ4n) is 7.41. The molecule has 0 saturated carbocycles. The fourth-order valence-corrected chi connectivity index (χ4v) is 9.33. The monoisotopic (exact) mass is 1040 g/mol. The first kappa shape index (κ1) is 58.7. The predicted molar refractivity (Wildman–Crippen MR) is 297 cm³/mol. The van der Waals surface area contributed by atoms with Crippen LogP contribution in [-0.4, -0.2) is 65.4 Å². The van der Waals surface area contributed by atoms with E-state index in [2.05, 4.69) is 85.9 Å². The summed E-state index contributed by atoms with van der Waals surface area (Å²) in [7, 11) is -3.47. The Labute approximate surface area is 440 Å². The van der Waals surface area contributed by atoms with Crippen LogP contribution in [0.15, 0.2) is 146 Å². The van der Waals surface area contributed by atoms with Crippen LogP contribution in [0.5, 0.6) is 0 Å². The second-order valence-electron chi connectivity index (χ2n) is 21.5. The molecule has 8 rings (SSSR count). The molecule has 2 aliphatic rings. The topological polar surface area (TPSA) is 180 Å². The van der Waals surface area contributed by atoms with Crippen LogP contribution in [0.3, 0.4) is 0 Å². The average molecular weight is 1040 g/mol. The van der Waals surface area contributed by atoms with Gasteiger partial charge in [0.15, 0.2) is 16.6 Å². The van der Waals surface area contributed by atoms with Gasteiger partial charge in [0.25, 0.3) is 23.6 Å². The Morgan fingerprint density at radius 1 is 0.405 bits per heavy atom. The fraction of sp³-hybridized carbons (Fsp3) is 0.333. The standard InChI is InChI=1S/C22H27NO3Si.C16H13NO3.C14H25NOSi.C8H10O2/c1-22(2,3)27(4,5)26-15-17-10-8-9-16(13-17)14-23-20(24)18-11-6-7-12-19(18)21(23)25;18-10-12-5-3-4-11(8-12)9-17-15(19)13-6-1-2-7-14(13)16(17)20;1-14(2,3)17(4,5)16-11-13-8-6-7-12(9-13)10-15;9-5-7-2-1-3-8(4-7)6-10/h6-13H,14-15H2,1-5H3;1-8,18H,9-10H2;6-9H,10-11,15H2,1-5H3;1-4,9-10H,5-6H2. The molecule has 6 aromatic rings. The van der Waals surface area contributed by atoms with Gasteiger partial charge in [-0.1, -0.05) is 163 Å². The quantitative estimate of drug-likeness (QED) is 0.0606. The highest BCUT2D eigenvalue weighted by molar-refractivity contribution is 6.74. The molecular formula is C60H75N3O9Si2. The van der Waals surface area contributed by atoms with Crippen LogP contribution in [0, 0.1) is 0 Å². The molecule has 0 aromatic heterocycles. The van der Waals surface area contributed by atoms with Crippen molar-refractivity contribution < 1.29 is 43.3 Å². The summed E-state index contributed by atoms with van der Waals surface area (Å²) in [6.45, 7) is 24.8. The minimum atomic E-state index is -1.82. The molecule has 4 amide bonds. The third-order valence-electron chi connectivity index (χ3n) is 14.0. The highest BCUT2D eigenvalue weighted by Crippen LogP contribution is 2.38. The molecule has 12 nitrogen and oxygen atoms in total. The summed E-state index contributed by atoms with van der Waals surface area (Å²) in [6.07, 6.45) is 0. The number of nitrogens with two attached hydrogens (primary N) is 1. The van der Waals surface area contributed by atoms with Gasteiger partial charge in [-0.3, -0.25) is 29.0 Å². The second kappa shape index (κ2) is 25.8. The van der Waals surface area contributed by atoms with Gasteiger partial charge in [0, 0.05) is 6.54 Å². The Morgan fingerprint density at radius 3 is 0.959 bits per heavy atom. The predicted octanol–water partition coefficient (Wildman–Crippen LogP) is 11.3. The number of benzene rings is 6. The van der Waals surface area contributed by atoms with Gasteiger partial charge in [-0.15, -0.1) is 0 Å². The van der Waals surface area contributed by atoms with E-state index in [9.17, 15) is 19.2 Å². The maximum atomic E-state index is 12.5. The van der Waals surface area contributed by atoms with Crippen molar-refractivity contribution in [1.29, 1.82) is 0 Å². The average Bonchev–Trinajstić information content (AvgIpc) is 3.77. The van der Waals surface area contributed by atoms with E-state index < -0.39 is 16.6 Å². The third kappa shape index (κ3) is 15.4. The highest BCUT2D eigenvalue weighted by Gasteiger charge is 2.39. The van der Waals surface area contributed by atoms with Gasteiger partial charge in [0.2, 0.25) is 0 Å². The van der Waals surface area contributed by atoms with Crippen LogP contribution >= 0.6 is 0 Å². The molecule has 0 spiro atoms. The van der Waals surface area contributed by atoms with Crippen molar-refractivity contribution in [3.63, 3.8) is 0 Å². The summed E-state index contributed by atoms with van der Waals surface area (Å²) in [5.74, 6) is -0.975. The molecule has 0 fully saturated rings. The maximum Gasteiger partial charge on any atom is 0.261 e. The van der Waals surface area contributed by atoms with Gasteiger partial charge in [0.1, 0.15) is 0 Å². The lowest BCUT2D eigenvalue weighted by Crippen LogP contribution is -2.40. The van der Waals surface area contributed by atoms with Crippen LogP contribution in [-0.2, 0) is 61.5 Å². The van der Waals surface area contributed by atoms with E-state index in [1.807, 2.05) is 54.6 Å². The molecule has 0 unspecified atom stereocenters. The third-order valence-corrected chi connectivity index (χ3v) is 23.0. The van der Waals surface area contributed by atoms with E-state index in [0.29, 0.717) is 42.0 Å². The Kier molecular flexibility index (Phi) is 20.5. The van der Waals surface area contributed by atoms with Gasteiger partial charge in [0.05, 0.1) is 68.4 Å². The molecular weight excluding hydrogens is 963 g/mol. The molecule has 2 aliphatic heterocycles. The first-order valence-corrected chi connectivity index (χ1v) is 30.8. The maximum absolute atomic E-state index is 12.5. The summed E-state index contributed by atoms with van der Waals surface area (Å²) in [5, 5.41) is 26.9. The van der Waals surface area contributed by atoms with Crippen molar-refractivity contribution in [3.8, 4) is 0 Å². The van der Waals surface area contributed by atoms with E-state index in [0.717, 1.165) is 33.4 Å². The van der Waals surface area contributed by atoms with Crippen molar-refractivity contribution in [3.05, 3.63) is 212 Å². The smallest absolute Gasteiger partial charge is 0.261 e. The van der Waals surface area contributed by atoms with Gasteiger partial charge < -0.3 is 29.9 Å². The lowest BCUT2D eigenvalue weighted by molar-refractivity contribution is 0.0627. The number of carbonyl (C=O) groups is 4. The van der Waals surface area contributed by atoms with E-state index in [4.69, 9.17) is 29.9 Å². The van der Waals surface area contributed by atoms with E-state index >= 15 is 0 Å². The van der Waals surface area contributed by atoms with Crippen molar-refractivity contribution in [2.24, 2.45) is 5.73 Å². The minimum absolute atomic E-state index is 0.0356. The number of rotatable bonds is 14. The minimum Gasteiger partial charge on any atom is -0.413 e. The van der Waals surface area contributed by atoms with Crippen LogP contribution in [0.2, 0.25) is 36.3 Å². The molecule has 0 aliphatic carbocycles. The van der Waals surface area contributed by atoms with Crippen molar-refractivity contribution in [2.75, 3.05) is 0 Å². The van der Waals surface area contributed by atoms with Crippen LogP contribution in [0.25, 0.3) is 0 Å².